The van der Waals surface area contributed by atoms with E-state index in [1.165, 1.54) is 18.7 Å². The molecule has 78 valence electrons. The van der Waals surface area contributed by atoms with Crippen LogP contribution in [0, 0.1) is 12.3 Å². The third kappa shape index (κ3) is 9.14. The zero-order valence-corrected chi connectivity index (χ0v) is 9.15. The largest absolute Gasteiger partial charge is 0.356 e. The molecule has 0 aliphatic heterocycles. The number of hydrogen-bond acceptors (Lipinski definition) is 3. The van der Waals surface area contributed by atoms with E-state index in [-0.39, 0.29) is 11.0 Å². The topological polar surface area (TPSA) is 46.2 Å². The number of nitrogens with one attached hydrogen (secondary N) is 1. The van der Waals surface area contributed by atoms with Crippen molar-refractivity contribution in [2.75, 3.05) is 12.3 Å². The van der Waals surface area contributed by atoms with E-state index in [0.29, 0.717) is 25.1 Å². The van der Waals surface area contributed by atoms with Crippen LogP contribution in [-0.4, -0.2) is 23.3 Å². The van der Waals surface area contributed by atoms with Gasteiger partial charge in [-0.3, -0.25) is 9.59 Å². The van der Waals surface area contributed by atoms with Gasteiger partial charge >= 0.3 is 0 Å². The first-order chi connectivity index (χ1) is 6.66. The van der Waals surface area contributed by atoms with Crippen molar-refractivity contribution in [1.29, 1.82) is 0 Å². The quantitative estimate of drug-likeness (QED) is 0.532. The molecule has 0 saturated carbocycles. The van der Waals surface area contributed by atoms with Crippen LogP contribution >= 0.6 is 11.8 Å². The van der Waals surface area contributed by atoms with Gasteiger partial charge in [-0.25, -0.2) is 0 Å². The second-order valence-corrected chi connectivity index (χ2v) is 3.91. The van der Waals surface area contributed by atoms with E-state index in [1.807, 2.05) is 0 Å². The summed E-state index contributed by atoms with van der Waals surface area (Å²) in [5.74, 6) is 3.06. The van der Waals surface area contributed by atoms with Gasteiger partial charge in [0.15, 0.2) is 5.12 Å². The first kappa shape index (κ1) is 13.1. The van der Waals surface area contributed by atoms with E-state index < -0.39 is 0 Å². The van der Waals surface area contributed by atoms with Gasteiger partial charge in [0.2, 0.25) is 5.91 Å². The van der Waals surface area contributed by atoms with Crippen molar-refractivity contribution in [2.24, 2.45) is 0 Å². The molecular weight excluding hydrogens is 198 g/mol. The Bertz CT molecular complexity index is 233. The highest BCUT2D eigenvalue weighted by molar-refractivity contribution is 8.13. The minimum atomic E-state index is -0.0645. The highest BCUT2D eigenvalue weighted by Gasteiger charge is 2.01. The lowest BCUT2D eigenvalue weighted by atomic mass is 10.3. The van der Waals surface area contributed by atoms with Crippen LogP contribution in [0.3, 0.4) is 0 Å². The van der Waals surface area contributed by atoms with E-state index in [2.05, 4.69) is 11.2 Å². The molecule has 1 N–H and O–H groups in total. The third-order valence-electron chi connectivity index (χ3n) is 1.44. The maximum atomic E-state index is 11.1. The summed E-state index contributed by atoms with van der Waals surface area (Å²) in [6, 6.07) is 0. The standard InChI is InChI=1S/C10H15NO2S/c1-3-4-5-6-10(13)14-8-7-11-9(2)12/h1H,4-8H2,2H3,(H,11,12). The Morgan fingerprint density at radius 1 is 1.50 bits per heavy atom. The van der Waals surface area contributed by atoms with Crippen LogP contribution in [0.4, 0.5) is 0 Å². The van der Waals surface area contributed by atoms with Crippen molar-refractivity contribution in [1.82, 2.24) is 5.32 Å². The van der Waals surface area contributed by atoms with Crippen molar-refractivity contribution in [3.8, 4) is 12.3 Å². The number of amides is 1. The van der Waals surface area contributed by atoms with Gasteiger partial charge in [0.1, 0.15) is 0 Å². The number of terminal acetylenes is 1. The van der Waals surface area contributed by atoms with Gasteiger partial charge in [-0.2, -0.15) is 0 Å². The highest BCUT2D eigenvalue weighted by atomic mass is 32.2. The molecule has 0 aliphatic rings. The Labute approximate surface area is 89.0 Å². The monoisotopic (exact) mass is 213 g/mol. The number of thioether (sulfide) groups is 1. The average molecular weight is 213 g/mol. The summed E-state index contributed by atoms with van der Waals surface area (Å²) in [7, 11) is 0. The molecule has 0 spiro atoms. The smallest absolute Gasteiger partial charge is 0.216 e. The number of unbranched alkanes of at least 4 members (excludes halogenated alkanes) is 1. The van der Waals surface area contributed by atoms with Crippen LogP contribution in [0.1, 0.15) is 26.2 Å². The van der Waals surface area contributed by atoms with E-state index >= 15 is 0 Å². The molecule has 0 aliphatic carbocycles. The zero-order chi connectivity index (χ0) is 10.8. The van der Waals surface area contributed by atoms with Crippen molar-refractivity contribution >= 4 is 22.8 Å². The first-order valence-corrected chi connectivity index (χ1v) is 5.49. The summed E-state index contributed by atoms with van der Waals surface area (Å²) in [6.07, 6.45) is 6.98. The molecule has 0 radical (unpaired) electrons. The Morgan fingerprint density at radius 2 is 2.21 bits per heavy atom. The molecule has 3 nitrogen and oxygen atoms in total. The minimum Gasteiger partial charge on any atom is -0.356 e. The van der Waals surface area contributed by atoms with Gasteiger partial charge in [0.25, 0.3) is 0 Å². The number of carbonyl (C=O) groups is 2. The molecule has 1 amide bonds. The Morgan fingerprint density at radius 3 is 2.79 bits per heavy atom. The third-order valence-corrected chi connectivity index (χ3v) is 2.38. The fourth-order valence-electron chi connectivity index (χ4n) is 0.799. The second-order valence-electron chi connectivity index (χ2n) is 2.76. The lowest BCUT2D eigenvalue weighted by molar-refractivity contribution is -0.118. The lowest BCUT2D eigenvalue weighted by Crippen LogP contribution is -2.22. The normalized spacial score (nSPS) is 9.14. The maximum Gasteiger partial charge on any atom is 0.216 e. The zero-order valence-electron chi connectivity index (χ0n) is 8.34. The van der Waals surface area contributed by atoms with Crippen LogP contribution < -0.4 is 5.32 Å². The van der Waals surface area contributed by atoms with Gasteiger partial charge in [0.05, 0.1) is 0 Å². The number of rotatable bonds is 6. The van der Waals surface area contributed by atoms with E-state index in [1.54, 1.807) is 0 Å². The highest BCUT2D eigenvalue weighted by Crippen LogP contribution is 2.07. The van der Waals surface area contributed by atoms with Crippen LogP contribution in [0.25, 0.3) is 0 Å². The first-order valence-electron chi connectivity index (χ1n) is 4.50. The summed E-state index contributed by atoms with van der Waals surface area (Å²) in [6.45, 7) is 2.00. The second kappa shape index (κ2) is 8.64. The van der Waals surface area contributed by atoms with E-state index in [9.17, 15) is 9.59 Å². The fraction of sp³-hybridized carbons (Fsp3) is 0.600. The Balaban J connectivity index is 3.28. The van der Waals surface area contributed by atoms with Crippen molar-refractivity contribution in [2.45, 2.75) is 26.2 Å². The van der Waals surface area contributed by atoms with Gasteiger partial charge in [0, 0.05) is 32.1 Å². The van der Waals surface area contributed by atoms with E-state index in [0.717, 1.165) is 6.42 Å². The SMILES string of the molecule is C#CCCCC(=O)SCCNC(C)=O. The van der Waals surface area contributed by atoms with Gasteiger partial charge < -0.3 is 5.32 Å². The molecule has 0 aromatic rings. The van der Waals surface area contributed by atoms with E-state index in [4.69, 9.17) is 6.42 Å². The molecule has 4 heteroatoms. The van der Waals surface area contributed by atoms with Crippen molar-refractivity contribution in [3.63, 3.8) is 0 Å². The summed E-state index contributed by atoms with van der Waals surface area (Å²) in [5.41, 5.74) is 0. The molecular formula is C10H15NO2S. The summed E-state index contributed by atoms with van der Waals surface area (Å²) in [5, 5.41) is 2.77. The minimum absolute atomic E-state index is 0.0645. The lowest BCUT2D eigenvalue weighted by Gasteiger charge is -2.00. The van der Waals surface area contributed by atoms with Crippen LogP contribution in [0.2, 0.25) is 0 Å². The Kier molecular flexibility index (Phi) is 8.05. The Hall–Kier alpha value is -0.950. The molecule has 0 aromatic carbocycles. The molecule has 0 heterocycles. The fourth-order valence-corrected chi connectivity index (χ4v) is 1.52. The predicted octanol–water partition coefficient (Wildman–Crippen LogP) is 1.19. The van der Waals surface area contributed by atoms with Gasteiger partial charge in [-0.05, 0) is 6.42 Å². The predicted molar refractivity (Wildman–Crippen MR) is 58.8 cm³/mol. The van der Waals surface area contributed by atoms with Crippen LogP contribution in [0.15, 0.2) is 0 Å². The van der Waals surface area contributed by atoms with Crippen LogP contribution in [-0.2, 0) is 9.59 Å². The average Bonchev–Trinajstić information content (AvgIpc) is 2.13. The molecule has 0 unspecified atom stereocenters. The summed E-state index contributed by atoms with van der Waals surface area (Å²) < 4.78 is 0. The molecule has 14 heavy (non-hydrogen) atoms. The number of carbonyl (C=O) groups excluding carboxylic acids is 2. The molecule has 0 rings (SSSR count). The molecule has 0 aromatic heterocycles. The van der Waals surface area contributed by atoms with Gasteiger partial charge in [-0.15, -0.1) is 12.3 Å². The summed E-state index contributed by atoms with van der Waals surface area (Å²) in [4.78, 5) is 21.6. The van der Waals surface area contributed by atoms with Crippen molar-refractivity contribution < 1.29 is 9.59 Å². The maximum absolute atomic E-state index is 11.1. The molecule has 0 fully saturated rings. The number of hydrogen-bond donors (Lipinski definition) is 1. The van der Waals surface area contributed by atoms with Crippen molar-refractivity contribution in [3.05, 3.63) is 0 Å². The summed E-state index contributed by atoms with van der Waals surface area (Å²) >= 11 is 1.25. The van der Waals surface area contributed by atoms with Crippen LogP contribution in [0.5, 0.6) is 0 Å². The molecule has 0 bridgehead atoms. The van der Waals surface area contributed by atoms with Gasteiger partial charge in [-0.1, -0.05) is 11.8 Å². The molecule has 0 saturated heterocycles. The molecule has 0 atom stereocenters.